The highest BCUT2D eigenvalue weighted by atomic mass is 79.9. The quantitative estimate of drug-likeness (QED) is 0.271. The molecule has 2 aromatic carbocycles. The lowest BCUT2D eigenvalue weighted by Crippen LogP contribution is -2.24. The van der Waals surface area contributed by atoms with E-state index in [4.69, 9.17) is 9.47 Å². The van der Waals surface area contributed by atoms with Crippen LogP contribution in [0.2, 0.25) is 0 Å². The van der Waals surface area contributed by atoms with Crippen LogP contribution in [-0.2, 0) is 17.9 Å². The molecule has 3 rings (SSSR count). The molecule has 0 atom stereocenters. The normalized spacial score (nSPS) is 10.8. The molecule has 1 aromatic heterocycles. The Balaban J connectivity index is 1.63. The first-order valence-electron chi connectivity index (χ1n) is 9.42. The fraction of sp³-hybridized carbons (Fsp3) is 0.190. The number of carbonyl (C=O) groups excluding carboxylic acids is 1. The SMILES string of the molecule is COc1cc(/C=N/NC(=O)Cn2nc([N+](=O)[O-])cc2C)cc(Br)c1OCc1ccccc1. The molecule has 0 fully saturated rings. The summed E-state index contributed by atoms with van der Waals surface area (Å²) in [5.74, 6) is 0.261. The van der Waals surface area contributed by atoms with E-state index in [-0.39, 0.29) is 12.4 Å². The van der Waals surface area contributed by atoms with Crippen molar-refractivity contribution >= 4 is 33.9 Å². The summed E-state index contributed by atoms with van der Waals surface area (Å²) in [5, 5.41) is 18.5. The molecule has 0 aliphatic rings. The zero-order valence-corrected chi connectivity index (χ0v) is 18.9. The summed E-state index contributed by atoms with van der Waals surface area (Å²) >= 11 is 3.48. The summed E-state index contributed by atoms with van der Waals surface area (Å²) < 4.78 is 13.2. The Kier molecular flexibility index (Phi) is 7.55. The number of nitrogens with zero attached hydrogens (tertiary/aromatic N) is 4. The van der Waals surface area contributed by atoms with Gasteiger partial charge in [0.2, 0.25) is 0 Å². The molecule has 1 heterocycles. The van der Waals surface area contributed by atoms with Gasteiger partial charge >= 0.3 is 5.82 Å². The van der Waals surface area contributed by atoms with E-state index >= 15 is 0 Å². The zero-order chi connectivity index (χ0) is 23.1. The van der Waals surface area contributed by atoms with E-state index in [9.17, 15) is 14.9 Å². The molecule has 0 unspecified atom stereocenters. The van der Waals surface area contributed by atoms with Crippen molar-refractivity contribution < 1.29 is 19.2 Å². The number of methoxy groups -OCH3 is 1. The van der Waals surface area contributed by atoms with Gasteiger partial charge in [0.1, 0.15) is 13.2 Å². The van der Waals surface area contributed by atoms with Crippen molar-refractivity contribution in [2.24, 2.45) is 5.10 Å². The number of amides is 1. The molecule has 0 spiro atoms. The van der Waals surface area contributed by atoms with Crippen molar-refractivity contribution in [3.63, 3.8) is 0 Å². The fourth-order valence-corrected chi connectivity index (χ4v) is 3.35. The van der Waals surface area contributed by atoms with Gasteiger partial charge in [-0.15, -0.1) is 0 Å². The van der Waals surface area contributed by atoms with Crippen molar-refractivity contribution in [1.29, 1.82) is 0 Å². The zero-order valence-electron chi connectivity index (χ0n) is 17.3. The fourth-order valence-electron chi connectivity index (χ4n) is 2.78. The molecule has 166 valence electrons. The van der Waals surface area contributed by atoms with Crippen LogP contribution in [0.3, 0.4) is 0 Å². The van der Waals surface area contributed by atoms with Crippen LogP contribution in [0.25, 0.3) is 0 Å². The van der Waals surface area contributed by atoms with Gasteiger partial charge < -0.3 is 19.6 Å². The molecule has 0 saturated carbocycles. The average Bonchev–Trinajstić information content (AvgIpc) is 3.14. The first-order chi connectivity index (χ1) is 15.4. The van der Waals surface area contributed by atoms with Crippen LogP contribution >= 0.6 is 15.9 Å². The number of aryl methyl sites for hydroxylation is 1. The van der Waals surface area contributed by atoms with Gasteiger partial charge in [-0.1, -0.05) is 30.3 Å². The Labute approximate surface area is 192 Å². The van der Waals surface area contributed by atoms with Crippen LogP contribution in [-0.4, -0.2) is 33.9 Å². The van der Waals surface area contributed by atoms with Crippen molar-refractivity contribution in [2.45, 2.75) is 20.1 Å². The summed E-state index contributed by atoms with van der Waals surface area (Å²) in [4.78, 5) is 22.3. The number of halogens is 1. The summed E-state index contributed by atoms with van der Waals surface area (Å²) in [6.45, 7) is 1.81. The van der Waals surface area contributed by atoms with Crippen LogP contribution in [0.5, 0.6) is 11.5 Å². The second-order valence-electron chi connectivity index (χ2n) is 6.66. The van der Waals surface area contributed by atoms with E-state index in [2.05, 4.69) is 31.6 Å². The molecule has 10 nitrogen and oxygen atoms in total. The number of hydrazone groups is 1. The summed E-state index contributed by atoms with van der Waals surface area (Å²) in [6.07, 6.45) is 1.45. The van der Waals surface area contributed by atoms with Crippen LogP contribution in [0.4, 0.5) is 5.82 Å². The van der Waals surface area contributed by atoms with Gasteiger partial charge in [0.25, 0.3) is 5.91 Å². The van der Waals surface area contributed by atoms with Crippen molar-refractivity contribution in [3.05, 3.63) is 79.9 Å². The highest BCUT2D eigenvalue weighted by molar-refractivity contribution is 9.10. The molecule has 0 aliphatic heterocycles. The minimum Gasteiger partial charge on any atom is -0.493 e. The number of carbonyl (C=O) groups is 1. The Hall–Kier alpha value is -3.73. The first kappa shape index (κ1) is 22.9. The van der Waals surface area contributed by atoms with Gasteiger partial charge in [-0.2, -0.15) is 9.78 Å². The minimum atomic E-state index is -0.613. The van der Waals surface area contributed by atoms with Crippen LogP contribution in [0, 0.1) is 17.0 Å². The molecule has 1 N–H and O–H groups in total. The lowest BCUT2D eigenvalue weighted by Gasteiger charge is -2.13. The van der Waals surface area contributed by atoms with Gasteiger partial charge in [-0.25, -0.2) is 5.43 Å². The highest BCUT2D eigenvalue weighted by Gasteiger charge is 2.17. The Morgan fingerprint density at radius 1 is 1.31 bits per heavy atom. The molecule has 0 aliphatic carbocycles. The van der Waals surface area contributed by atoms with E-state index in [1.807, 2.05) is 30.3 Å². The number of nitro groups is 1. The first-order valence-corrected chi connectivity index (χ1v) is 10.2. The topological polar surface area (TPSA) is 121 Å². The molecular weight excluding hydrogens is 482 g/mol. The smallest absolute Gasteiger partial charge is 0.390 e. The number of nitrogens with one attached hydrogen (secondary N) is 1. The second-order valence-corrected chi connectivity index (χ2v) is 7.51. The third-order valence-corrected chi connectivity index (χ3v) is 4.92. The van der Waals surface area contributed by atoms with E-state index in [1.54, 1.807) is 19.1 Å². The van der Waals surface area contributed by atoms with Gasteiger partial charge in [-0.05, 0) is 51.0 Å². The molecule has 0 radical (unpaired) electrons. The number of aromatic nitrogens is 2. The molecule has 0 saturated heterocycles. The van der Waals surface area contributed by atoms with Gasteiger partial charge in [0, 0.05) is 0 Å². The van der Waals surface area contributed by atoms with Gasteiger partial charge in [-0.3, -0.25) is 4.79 Å². The van der Waals surface area contributed by atoms with Crippen LogP contribution in [0.15, 0.2) is 58.1 Å². The summed E-state index contributed by atoms with van der Waals surface area (Å²) in [6, 6.07) is 14.5. The standard InChI is InChI=1S/C21H20BrN5O5/c1-14-8-19(27(29)30)25-26(14)12-20(28)24-23-11-16-9-17(22)21(18(10-16)31-2)32-13-15-6-4-3-5-7-15/h3-11H,12-13H2,1-2H3,(H,24,28)/b23-11+. The predicted molar refractivity (Wildman–Crippen MR) is 121 cm³/mol. The van der Waals surface area contributed by atoms with Crippen LogP contribution in [0.1, 0.15) is 16.8 Å². The van der Waals surface area contributed by atoms with Gasteiger partial charge in [0.15, 0.2) is 11.5 Å². The lowest BCUT2D eigenvalue weighted by atomic mass is 10.2. The maximum absolute atomic E-state index is 12.1. The van der Waals surface area contributed by atoms with E-state index in [0.717, 1.165) is 5.56 Å². The monoisotopic (exact) mass is 501 g/mol. The molecule has 1 amide bonds. The molecule has 3 aromatic rings. The van der Waals surface area contributed by atoms with Crippen molar-refractivity contribution in [3.8, 4) is 11.5 Å². The molecule has 11 heteroatoms. The number of ether oxygens (including phenoxy) is 2. The maximum Gasteiger partial charge on any atom is 0.390 e. The molecule has 0 bridgehead atoms. The number of rotatable bonds is 9. The Morgan fingerprint density at radius 2 is 2.06 bits per heavy atom. The number of hydrogen-bond donors (Lipinski definition) is 1. The second kappa shape index (κ2) is 10.5. The van der Waals surface area contributed by atoms with E-state index < -0.39 is 10.8 Å². The average molecular weight is 502 g/mol. The number of hydrogen-bond acceptors (Lipinski definition) is 7. The summed E-state index contributed by atoms with van der Waals surface area (Å²) in [7, 11) is 1.53. The Bertz CT molecular complexity index is 1150. The minimum absolute atomic E-state index is 0.198. The van der Waals surface area contributed by atoms with Crippen molar-refractivity contribution in [1.82, 2.24) is 15.2 Å². The number of benzene rings is 2. The summed E-state index contributed by atoms with van der Waals surface area (Å²) in [5.41, 5.74) is 4.55. The third-order valence-electron chi connectivity index (χ3n) is 4.33. The largest absolute Gasteiger partial charge is 0.493 e. The van der Waals surface area contributed by atoms with E-state index in [0.29, 0.717) is 33.8 Å². The maximum atomic E-state index is 12.1. The third kappa shape index (κ3) is 5.91. The predicted octanol–water partition coefficient (Wildman–Crippen LogP) is 3.60. The van der Waals surface area contributed by atoms with E-state index in [1.165, 1.54) is 24.1 Å². The Morgan fingerprint density at radius 3 is 2.72 bits per heavy atom. The lowest BCUT2D eigenvalue weighted by molar-refractivity contribution is -0.389. The highest BCUT2D eigenvalue weighted by Crippen LogP contribution is 2.36. The molecular formula is C21H20BrN5O5. The molecule has 32 heavy (non-hydrogen) atoms. The van der Waals surface area contributed by atoms with Crippen LogP contribution < -0.4 is 14.9 Å². The van der Waals surface area contributed by atoms with Crippen molar-refractivity contribution in [2.75, 3.05) is 7.11 Å². The van der Waals surface area contributed by atoms with Gasteiger partial charge in [0.05, 0.1) is 34.7 Å².